The summed E-state index contributed by atoms with van der Waals surface area (Å²) in [6.45, 7) is 0.947. The fourth-order valence-corrected chi connectivity index (χ4v) is 2.71. The number of hydrogen-bond donors (Lipinski definition) is 1. The summed E-state index contributed by atoms with van der Waals surface area (Å²) in [4.78, 5) is 13.9. The number of carbonyl (C=O) groups excluding carboxylic acids is 1. The number of aliphatic hydroxyl groups is 1. The van der Waals surface area contributed by atoms with E-state index in [9.17, 15) is 9.90 Å². The Labute approximate surface area is 97.1 Å². The molecule has 16 heavy (non-hydrogen) atoms. The van der Waals surface area contributed by atoms with Crippen LogP contribution in [-0.2, 0) is 4.79 Å². The number of aliphatic hydroxyl groups excluding tert-OH is 1. The summed E-state index contributed by atoms with van der Waals surface area (Å²) in [5.41, 5.74) is 1.31. The van der Waals surface area contributed by atoms with E-state index in [-0.39, 0.29) is 18.6 Å². The van der Waals surface area contributed by atoms with Gasteiger partial charge in [-0.15, -0.1) is 0 Å². The Hall–Kier alpha value is -0.830. The van der Waals surface area contributed by atoms with E-state index in [0.717, 1.165) is 32.2 Å². The van der Waals surface area contributed by atoms with Gasteiger partial charge in [0.2, 0.25) is 5.91 Å². The monoisotopic (exact) mass is 223 g/mol. The van der Waals surface area contributed by atoms with Crippen LogP contribution in [0.15, 0.2) is 11.6 Å². The molecule has 0 saturated carbocycles. The lowest BCUT2D eigenvalue weighted by Crippen LogP contribution is -2.37. The van der Waals surface area contributed by atoms with Gasteiger partial charge in [0.1, 0.15) is 0 Å². The van der Waals surface area contributed by atoms with Gasteiger partial charge >= 0.3 is 0 Å². The number of nitrogens with zero attached hydrogens (tertiary/aromatic N) is 1. The Morgan fingerprint density at radius 3 is 3.00 bits per heavy atom. The highest BCUT2D eigenvalue weighted by Gasteiger charge is 2.28. The SMILES string of the molecule is O=C(CC1=CCCCC1)N1CCC[C@H]1CO. The molecule has 0 aromatic heterocycles. The maximum Gasteiger partial charge on any atom is 0.226 e. The van der Waals surface area contributed by atoms with Gasteiger partial charge in [-0.05, 0) is 38.5 Å². The normalized spacial score (nSPS) is 25.7. The van der Waals surface area contributed by atoms with Crippen LogP contribution < -0.4 is 0 Å². The number of rotatable bonds is 3. The molecule has 1 saturated heterocycles. The standard InChI is InChI=1S/C13H21NO2/c15-10-12-7-4-8-14(12)13(16)9-11-5-2-1-3-6-11/h5,12,15H,1-4,6-10H2/t12-/m0/s1. The van der Waals surface area contributed by atoms with Crippen LogP contribution in [0, 0.1) is 0 Å². The van der Waals surface area contributed by atoms with Crippen molar-refractivity contribution >= 4 is 5.91 Å². The van der Waals surface area contributed by atoms with Gasteiger partial charge in [0.25, 0.3) is 0 Å². The van der Waals surface area contributed by atoms with E-state index in [4.69, 9.17) is 0 Å². The van der Waals surface area contributed by atoms with Crippen molar-refractivity contribution in [1.29, 1.82) is 0 Å². The molecule has 3 heteroatoms. The third kappa shape index (κ3) is 2.64. The van der Waals surface area contributed by atoms with Crippen molar-refractivity contribution in [3.63, 3.8) is 0 Å². The van der Waals surface area contributed by atoms with Crippen LogP contribution in [-0.4, -0.2) is 35.1 Å². The lowest BCUT2D eigenvalue weighted by Gasteiger charge is -2.24. The van der Waals surface area contributed by atoms with Gasteiger partial charge in [0, 0.05) is 13.0 Å². The average molecular weight is 223 g/mol. The highest BCUT2D eigenvalue weighted by Crippen LogP contribution is 2.23. The summed E-state index contributed by atoms with van der Waals surface area (Å²) in [5.74, 6) is 0.213. The maximum absolute atomic E-state index is 12.1. The molecule has 2 aliphatic rings. The molecule has 0 aromatic carbocycles. The van der Waals surface area contributed by atoms with Crippen molar-refractivity contribution in [3.8, 4) is 0 Å². The quantitative estimate of drug-likeness (QED) is 0.742. The predicted molar refractivity (Wildman–Crippen MR) is 63.0 cm³/mol. The lowest BCUT2D eigenvalue weighted by atomic mass is 9.97. The molecular weight excluding hydrogens is 202 g/mol. The minimum atomic E-state index is 0.0803. The summed E-state index contributed by atoms with van der Waals surface area (Å²) < 4.78 is 0. The first kappa shape index (κ1) is 11.6. The van der Waals surface area contributed by atoms with Crippen molar-refractivity contribution < 1.29 is 9.90 Å². The first-order valence-electron chi connectivity index (χ1n) is 6.39. The second kappa shape index (κ2) is 5.48. The van der Waals surface area contributed by atoms with Crippen LogP contribution in [0.5, 0.6) is 0 Å². The van der Waals surface area contributed by atoms with Gasteiger partial charge in [0.15, 0.2) is 0 Å². The first-order valence-corrected chi connectivity index (χ1v) is 6.39. The van der Waals surface area contributed by atoms with Crippen LogP contribution in [0.1, 0.15) is 44.9 Å². The third-order valence-electron chi connectivity index (χ3n) is 3.67. The molecule has 1 amide bonds. The van der Waals surface area contributed by atoms with Gasteiger partial charge in [-0.2, -0.15) is 0 Å². The molecule has 1 aliphatic heterocycles. The molecule has 1 atom stereocenters. The van der Waals surface area contributed by atoms with Crippen LogP contribution in [0.25, 0.3) is 0 Å². The zero-order valence-corrected chi connectivity index (χ0v) is 9.82. The summed E-state index contributed by atoms with van der Waals surface area (Å²) >= 11 is 0. The molecule has 1 N–H and O–H groups in total. The third-order valence-corrected chi connectivity index (χ3v) is 3.67. The van der Waals surface area contributed by atoms with E-state index >= 15 is 0 Å². The fraction of sp³-hybridized carbons (Fsp3) is 0.769. The van der Waals surface area contributed by atoms with Crippen molar-refractivity contribution in [2.24, 2.45) is 0 Å². The largest absolute Gasteiger partial charge is 0.394 e. The van der Waals surface area contributed by atoms with Gasteiger partial charge in [-0.3, -0.25) is 4.79 Å². The molecule has 1 heterocycles. The maximum atomic E-state index is 12.1. The number of hydrogen-bond acceptors (Lipinski definition) is 2. The molecule has 0 aromatic rings. The molecule has 2 rings (SSSR count). The predicted octanol–water partition coefficient (Wildman–Crippen LogP) is 1.86. The van der Waals surface area contributed by atoms with E-state index in [1.807, 2.05) is 4.90 Å². The molecule has 1 aliphatic carbocycles. The second-order valence-corrected chi connectivity index (χ2v) is 4.85. The topological polar surface area (TPSA) is 40.5 Å². The number of allylic oxidation sites excluding steroid dienone is 1. The van der Waals surface area contributed by atoms with Gasteiger partial charge in [0.05, 0.1) is 12.6 Å². The highest BCUT2D eigenvalue weighted by atomic mass is 16.3. The van der Waals surface area contributed by atoms with E-state index in [1.165, 1.54) is 18.4 Å². The van der Waals surface area contributed by atoms with E-state index in [1.54, 1.807) is 0 Å². The van der Waals surface area contributed by atoms with Gasteiger partial charge < -0.3 is 10.0 Å². The molecule has 0 bridgehead atoms. The van der Waals surface area contributed by atoms with Crippen molar-refractivity contribution in [2.75, 3.05) is 13.2 Å². The summed E-state index contributed by atoms with van der Waals surface area (Å²) in [5, 5.41) is 9.18. The lowest BCUT2D eigenvalue weighted by molar-refractivity contribution is -0.132. The zero-order valence-electron chi connectivity index (χ0n) is 9.82. The fourth-order valence-electron chi connectivity index (χ4n) is 2.71. The van der Waals surface area contributed by atoms with Crippen molar-refractivity contribution in [3.05, 3.63) is 11.6 Å². The van der Waals surface area contributed by atoms with Crippen LogP contribution in [0.4, 0.5) is 0 Å². The Bertz CT molecular complexity index is 286. The molecule has 0 unspecified atom stereocenters. The first-order chi connectivity index (χ1) is 7.81. The van der Waals surface area contributed by atoms with E-state index in [2.05, 4.69) is 6.08 Å². The Balaban J connectivity index is 1.89. The summed E-state index contributed by atoms with van der Waals surface area (Å²) in [6.07, 6.45) is 9.51. The second-order valence-electron chi connectivity index (χ2n) is 4.85. The Kier molecular flexibility index (Phi) is 3.99. The Morgan fingerprint density at radius 2 is 2.31 bits per heavy atom. The van der Waals surface area contributed by atoms with E-state index in [0.29, 0.717) is 6.42 Å². The Morgan fingerprint density at radius 1 is 1.44 bits per heavy atom. The molecule has 3 nitrogen and oxygen atoms in total. The smallest absolute Gasteiger partial charge is 0.226 e. The van der Waals surface area contributed by atoms with Crippen LogP contribution in [0.3, 0.4) is 0 Å². The number of carbonyl (C=O) groups is 1. The van der Waals surface area contributed by atoms with Crippen molar-refractivity contribution in [1.82, 2.24) is 4.90 Å². The number of likely N-dealkylation sites (tertiary alicyclic amines) is 1. The zero-order chi connectivity index (χ0) is 11.4. The minimum Gasteiger partial charge on any atom is -0.394 e. The minimum absolute atomic E-state index is 0.0803. The van der Waals surface area contributed by atoms with Gasteiger partial charge in [-0.1, -0.05) is 11.6 Å². The van der Waals surface area contributed by atoms with Crippen LogP contribution in [0.2, 0.25) is 0 Å². The highest BCUT2D eigenvalue weighted by molar-refractivity contribution is 5.79. The van der Waals surface area contributed by atoms with Gasteiger partial charge in [-0.25, -0.2) is 0 Å². The van der Waals surface area contributed by atoms with Crippen molar-refractivity contribution in [2.45, 2.75) is 51.0 Å². The summed E-state index contributed by atoms with van der Waals surface area (Å²) in [6, 6.07) is 0.0803. The number of amides is 1. The van der Waals surface area contributed by atoms with E-state index < -0.39 is 0 Å². The molecule has 1 fully saturated rings. The molecular formula is C13H21NO2. The average Bonchev–Trinajstić information content (AvgIpc) is 2.78. The molecule has 90 valence electrons. The van der Waals surface area contributed by atoms with Crippen LogP contribution >= 0.6 is 0 Å². The summed E-state index contributed by atoms with van der Waals surface area (Å²) in [7, 11) is 0. The molecule has 0 spiro atoms. The molecule has 0 radical (unpaired) electrons.